The van der Waals surface area contributed by atoms with E-state index in [4.69, 9.17) is 0 Å². The second-order valence-electron chi connectivity index (χ2n) is 5.90. The van der Waals surface area contributed by atoms with E-state index in [-0.39, 0.29) is 11.9 Å². The van der Waals surface area contributed by atoms with Gasteiger partial charge in [-0.3, -0.25) is 9.69 Å². The molecule has 0 radical (unpaired) electrons. The number of amides is 1. The molecule has 0 saturated carbocycles. The molecule has 0 bridgehead atoms. The summed E-state index contributed by atoms with van der Waals surface area (Å²) < 4.78 is 13.5. The summed E-state index contributed by atoms with van der Waals surface area (Å²) in [5, 5.41) is 2.87. The van der Waals surface area contributed by atoms with Crippen molar-refractivity contribution in [2.24, 2.45) is 0 Å². The molecule has 1 N–H and O–H groups in total. The van der Waals surface area contributed by atoms with Crippen molar-refractivity contribution in [1.29, 1.82) is 0 Å². The Bertz CT molecular complexity index is 550. The van der Waals surface area contributed by atoms with E-state index in [1.807, 2.05) is 4.90 Å². The summed E-state index contributed by atoms with van der Waals surface area (Å²) in [5.74, 6) is -0.183. The normalized spacial score (nSPS) is 25.8. The molecule has 0 aliphatic carbocycles. The Morgan fingerprint density at radius 1 is 1.48 bits per heavy atom. The van der Waals surface area contributed by atoms with Crippen LogP contribution in [0.2, 0.25) is 0 Å². The summed E-state index contributed by atoms with van der Waals surface area (Å²) in [6, 6.07) is 1.86. The van der Waals surface area contributed by atoms with Gasteiger partial charge in [0.15, 0.2) is 0 Å². The number of nitrogens with one attached hydrogen (secondary N) is 1. The molecule has 21 heavy (non-hydrogen) atoms. The molecule has 2 atom stereocenters. The zero-order valence-electron chi connectivity index (χ0n) is 12.5. The van der Waals surface area contributed by atoms with Gasteiger partial charge < -0.3 is 10.2 Å². The van der Waals surface area contributed by atoms with Crippen LogP contribution in [0.5, 0.6) is 0 Å². The number of hydrogen-bond acceptors (Lipinski definition) is 4. The molecule has 1 aromatic heterocycles. The molecular weight excluding hydrogens is 271 g/mol. The van der Waals surface area contributed by atoms with Crippen molar-refractivity contribution in [2.45, 2.75) is 31.8 Å². The van der Waals surface area contributed by atoms with Gasteiger partial charge >= 0.3 is 0 Å². The molecule has 2 aliphatic rings. The number of aromatic nitrogens is 1. The average molecular weight is 292 g/mol. The van der Waals surface area contributed by atoms with E-state index < -0.39 is 5.82 Å². The lowest BCUT2D eigenvalue weighted by molar-refractivity contribution is 0.0395. The molecule has 2 saturated heterocycles. The van der Waals surface area contributed by atoms with Crippen molar-refractivity contribution < 1.29 is 9.18 Å². The predicted octanol–water partition coefficient (Wildman–Crippen LogP) is 1.57. The van der Waals surface area contributed by atoms with E-state index in [0.29, 0.717) is 17.4 Å². The first-order chi connectivity index (χ1) is 10.1. The van der Waals surface area contributed by atoms with E-state index >= 15 is 0 Å². The Kier molecular flexibility index (Phi) is 3.80. The smallest absolute Gasteiger partial charge is 0.258 e. The molecule has 1 aromatic rings. The fraction of sp³-hybridized carbons (Fsp3) is 0.600. The van der Waals surface area contributed by atoms with Crippen LogP contribution in [-0.4, -0.2) is 59.5 Å². The largest absolute Gasteiger partial charge is 0.372 e. The van der Waals surface area contributed by atoms with Gasteiger partial charge in [-0.25, -0.2) is 9.37 Å². The lowest BCUT2D eigenvalue weighted by atomic mass is 10.1. The van der Waals surface area contributed by atoms with Crippen LogP contribution in [0, 0.1) is 5.82 Å². The average Bonchev–Trinajstić information content (AvgIpc) is 2.92. The van der Waals surface area contributed by atoms with Crippen LogP contribution in [0.15, 0.2) is 12.3 Å². The van der Waals surface area contributed by atoms with Crippen molar-refractivity contribution in [3.8, 4) is 0 Å². The minimum atomic E-state index is -0.482. The van der Waals surface area contributed by atoms with Crippen LogP contribution in [-0.2, 0) is 0 Å². The lowest BCUT2D eigenvalue weighted by Crippen LogP contribution is -2.56. The van der Waals surface area contributed by atoms with Crippen molar-refractivity contribution in [1.82, 2.24) is 14.8 Å². The molecular formula is C15H21FN4O. The Balaban J connectivity index is 1.86. The third-order valence-electron chi connectivity index (χ3n) is 4.52. The summed E-state index contributed by atoms with van der Waals surface area (Å²) in [6.45, 7) is 4.80. The van der Waals surface area contributed by atoms with Crippen LogP contribution in [0.25, 0.3) is 0 Å². The highest BCUT2D eigenvalue weighted by Crippen LogP contribution is 2.27. The van der Waals surface area contributed by atoms with Gasteiger partial charge in [-0.15, -0.1) is 0 Å². The van der Waals surface area contributed by atoms with E-state index in [2.05, 4.69) is 22.1 Å². The standard InChI is InChI=1S/C15H21FN4O/c1-10-8-19-5-3-4-12(19)9-20(10)15(21)13-6-11(16)7-18-14(13)17-2/h6-7,10,12H,3-5,8-9H2,1-2H3,(H,17,18). The Morgan fingerprint density at radius 3 is 3.05 bits per heavy atom. The van der Waals surface area contributed by atoms with Gasteiger partial charge in [0.1, 0.15) is 11.6 Å². The van der Waals surface area contributed by atoms with Gasteiger partial charge in [0, 0.05) is 32.2 Å². The third kappa shape index (κ3) is 2.60. The van der Waals surface area contributed by atoms with Gasteiger partial charge in [-0.05, 0) is 32.4 Å². The van der Waals surface area contributed by atoms with Crippen LogP contribution < -0.4 is 5.32 Å². The van der Waals surface area contributed by atoms with Crippen molar-refractivity contribution >= 4 is 11.7 Å². The van der Waals surface area contributed by atoms with Gasteiger partial charge in [0.2, 0.25) is 0 Å². The SMILES string of the molecule is CNc1ncc(F)cc1C(=O)N1CC2CCCN2CC1C. The molecule has 3 rings (SSSR count). The molecule has 6 heteroatoms. The molecule has 1 amide bonds. The maximum Gasteiger partial charge on any atom is 0.258 e. The van der Waals surface area contributed by atoms with Crippen LogP contribution in [0.1, 0.15) is 30.1 Å². The van der Waals surface area contributed by atoms with E-state index in [0.717, 1.165) is 32.3 Å². The molecule has 0 spiro atoms. The molecule has 2 aliphatic heterocycles. The molecule has 0 aromatic carbocycles. The molecule has 5 nitrogen and oxygen atoms in total. The summed E-state index contributed by atoms with van der Waals surface area (Å²) in [6.07, 6.45) is 3.46. The van der Waals surface area contributed by atoms with Gasteiger partial charge in [0.05, 0.1) is 11.8 Å². The maximum absolute atomic E-state index is 13.5. The molecule has 2 unspecified atom stereocenters. The summed E-state index contributed by atoms with van der Waals surface area (Å²) >= 11 is 0. The zero-order valence-corrected chi connectivity index (χ0v) is 12.5. The number of halogens is 1. The van der Waals surface area contributed by atoms with Crippen molar-refractivity contribution in [2.75, 3.05) is 32.0 Å². The number of carbonyl (C=O) groups excluding carboxylic acids is 1. The number of anilines is 1. The Labute approximate surface area is 124 Å². The van der Waals surface area contributed by atoms with E-state index in [1.165, 1.54) is 12.5 Å². The summed E-state index contributed by atoms with van der Waals surface area (Å²) in [7, 11) is 1.69. The Morgan fingerprint density at radius 2 is 2.29 bits per heavy atom. The highest BCUT2D eigenvalue weighted by molar-refractivity contribution is 5.99. The maximum atomic E-state index is 13.5. The van der Waals surface area contributed by atoms with Crippen LogP contribution in [0.4, 0.5) is 10.2 Å². The topological polar surface area (TPSA) is 48.5 Å². The Hall–Kier alpha value is -1.69. The fourth-order valence-electron chi connectivity index (χ4n) is 3.43. The van der Waals surface area contributed by atoms with Crippen LogP contribution >= 0.6 is 0 Å². The monoisotopic (exact) mass is 292 g/mol. The predicted molar refractivity (Wildman–Crippen MR) is 78.8 cm³/mol. The fourth-order valence-corrected chi connectivity index (χ4v) is 3.43. The molecule has 114 valence electrons. The highest BCUT2D eigenvalue weighted by Gasteiger charge is 2.37. The third-order valence-corrected chi connectivity index (χ3v) is 4.52. The summed E-state index contributed by atoms with van der Waals surface area (Å²) in [4.78, 5) is 21.1. The number of nitrogens with zero attached hydrogens (tertiary/aromatic N) is 3. The highest BCUT2D eigenvalue weighted by atomic mass is 19.1. The number of fused-ring (bicyclic) bond motifs is 1. The van der Waals surface area contributed by atoms with Gasteiger partial charge in [0.25, 0.3) is 5.91 Å². The second-order valence-corrected chi connectivity index (χ2v) is 5.90. The van der Waals surface area contributed by atoms with Crippen LogP contribution in [0.3, 0.4) is 0 Å². The quantitative estimate of drug-likeness (QED) is 0.899. The minimum absolute atomic E-state index is 0.134. The molecule has 2 fully saturated rings. The number of rotatable bonds is 2. The first-order valence-electron chi connectivity index (χ1n) is 7.48. The number of carbonyl (C=O) groups is 1. The van der Waals surface area contributed by atoms with Gasteiger partial charge in [-0.2, -0.15) is 0 Å². The summed E-state index contributed by atoms with van der Waals surface area (Å²) in [5.41, 5.74) is 0.316. The first kappa shape index (κ1) is 14.3. The lowest BCUT2D eigenvalue weighted by Gasteiger charge is -2.42. The number of hydrogen-bond donors (Lipinski definition) is 1. The van der Waals surface area contributed by atoms with E-state index in [9.17, 15) is 9.18 Å². The minimum Gasteiger partial charge on any atom is -0.372 e. The number of pyridine rings is 1. The zero-order chi connectivity index (χ0) is 15.0. The second kappa shape index (κ2) is 5.60. The molecule has 3 heterocycles. The van der Waals surface area contributed by atoms with E-state index in [1.54, 1.807) is 7.05 Å². The van der Waals surface area contributed by atoms with Crippen molar-refractivity contribution in [3.05, 3.63) is 23.6 Å². The first-order valence-corrected chi connectivity index (χ1v) is 7.48. The van der Waals surface area contributed by atoms with Gasteiger partial charge in [-0.1, -0.05) is 0 Å². The van der Waals surface area contributed by atoms with Crippen molar-refractivity contribution in [3.63, 3.8) is 0 Å². The number of piperazine rings is 1.